The van der Waals surface area contributed by atoms with Crippen LogP contribution < -0.4 is 10.2 Å². The Labute approximate surface area is 147 Å². The molecule has 4 nitrogen and oxygen atoms in total. The molecule has 4 aliphatic carbocycles. The summed E-state index contributed by atoms with van der Waals surface area (Å²) in [6.07, 6.45) is 6.61. The maximum Gasteiger partial charge on any atom is 0.322 e. The first-order valence-corrected chi connectivity index (χ1v) is 9.60. The van der Waals surface area contributed by atoms with Crippen LogP contribution in [0.4, 0.5) is 14.9 Å². The van der Waals surface area contributed by atoms with Gasteiger partial charge in [-0.2, -0.15) is 0 Å². The molecule has 25 heavy (non-hydrogen) atoms. The molecule has 2 amide bonds. The van der Waals surface area contributed by atoms with E-state index in [-0.39, 0.29) is 17.9 Å². The number of aryl methyl sites for hydroxylation is 1. The van der Waals surface area contributed by atoms with Gasteiger partial charge in [-0.1, -0.05) is 6.07 Å². The summed E-state index contributed by atoms with van der Waals surface area (Å²) in [4.78, 5) is 14.7. The number of rotatable bonds is 1. The molecule has 5 heteroatoms. The number of anilines is 1. The summed E-state index contributed by atoms with van der Waals surface area (Å²) >= 11 is 0. The van der Waals surface area contributed by atoms with E-state index in [1.807, 2.05) is 0 Å². The Bertz CT molecular complexity index is 706. The zero-order chi connectivity index (χ0) is 17.2. The van der Waals surface area contributed by atoms with Crippen molar-refractivity contribution >= 4 is 11.7 Å². The largest absolute Gasteiger partial charge is 0.390 e. The lowest BCUT2D eigenvalue weighted by molar-refractivity contribution is -0.136. The number of amides is 2. The number of urea groups is 1. The molecule has 2 atom stereocenters. The predicted molar refractivity (Wildman–Crippen MR) is 92.9 cm³/mol. The van der Waals surface area contributed by atoms with Gasteiger partial charge < -0.3 is 10.4 Å². The molecule has 6 rings (SSSR count). The van der Waals surface area contributed by atoms with E-state index in [2.05, 4.69) is 5.32 Å². The number of nitrogens with one attached hydrogen (secondary N) is 1. The number of halogens is 1. The molecule has 4 fully saturated rings. The van der Waals surface area contributed by atoms with Crippen LogP contribution in [0.1, 0.15) is 44.1 Å². The van der Waals surface area contributed by atoms with E-state index in [0.717, 1.165) is 50.5 Å². The number of carbonyl (C=O) groups is 1. The second kappa shape index (κ2) is 5.44. The van der Waals surface area contributed by atoms with Crippen LogP contribution in [0.2, 0.25) is 0 Å². The van der Waals surface area contributed by atoms with Crippen molar-refractivity contribution in [2.75, 3.05) is 11.4 Å². The summed E-state index contributed by atoms with van der Waals surface area (Å²) in [7, 11) is 0. The molecule has 1 heterocycles. The lowest BCUT2D eigenvalue weighted by atomic mass is 9.52. The van der Waals surface area contributed by atoms with Gasteiger partial charge in [0.2, 0.25) is 0 Å². The highest BCUT2D eigenvalue weighted by Gasteiger charge is 2.55. The zero-order valence-corrected chi connectivity index (χ0v) is 14.4. The summed E-state index contributed by atoms with van der Waals surface area (Å²) in [6, 6.07) is 4.80. The second-order valence-corrected chi connectivity index (χ2v) is 8.70. The minimum atomic E-state index is -0.488. The molecule has 134 valence electrons. The summed E-state index contributed by atoms with van der Waals surface area (Å²) in [5, 5.41) is 14.0. The lowest BCUT2D eigenvalue weighted by Gasteiger charge is -2.58. The van der Waals surface area contributed by atoms with Gasteiger partial charge in [0.05, 0.1) is 11.3 Å². The summed E-state index contributed by atoms with van der Waals surface area (Å²) < 4.78 is 13.7. The Hall–Kier alpha value is -1.62. The van der Waals surface area contributed by atoms with Crippen molar-refractivity contribution in [1.29, 1.82) is 0 Å². The quantitative estimate of drug-likeness (QED) is 0.822. The van der Waals surface area contributed by atoms with Crippen molar-refractivity contribution in [2.45, 2.75) is 56.6 Å². The average molecular weight is 344 g/mol. The first-order chi connectivity index (χ1) is 12.0. The van der Waals surface area contributed by atoms with Crippen molar-refractivity contribution in [2.24, 2.45) is 17.8 Å². The smallest absolute Gasteiger partial charge is 0.322 e. The van der Waals surface area contributed by atoms with E-state index < -0.39 is 5.60 Å². The number of hydrogen-bond donors (Lipinski definition) is 2. The molecular formula is C20H25FN2O2. The van der Waals surface area contributed by atoms with Crippen molar-refractivity contribution in [3.05, 3.63) is 29.6 Å². The van der Waals surface area contributed by atoms with E-state index in [1.54, 1.807) is 11.0 Å². The van der Waals surface area contributed by atoms with Gasteiger partial charge in [-0.25, -0.2) is 9.18 Å². The van der Waals surface area contributed by atoms with Crippen LogP contribution in [0.15, 0.2) is 18.2 Å². The first kappa shape index (κ1) is 15.6. The van der Waals surface area contributed by atoms with Gasteiger partial charge in [-0.05, 0) is 80.4 Å². The third-order valence-corrected chi connectivity index (χ3v) is 6.94. The monoisotopic (exact) mass is 344 g/mol. The van der Waals surface area contributed by atoms with Crippen molar-refractivity contribution in [3.63, 3.8) is 0 Å². The van der Waals surface area contributed by atoms with Crippen LogP contribution in [0.5, 0.6) is 0 Å². The molecule has 4 saturated carbocycles. The molecule has 2 unspecified atom stereocenters. The van der Waals surface area contributed by atoms with Crippen molar-refractivity contribution in [3.8, 4) is 0 Å². The third-order valence-electron chi connectivity index (χ3n) is 6.94. The van der Waals surface area contributed by atoms with Gasteiger partial charge >= 0.3 is 6.03 Å². The van der Waals surface area contributed by atoms with E-state index in [1.165, 1.54) is 12.1 Å². The lowest BCUT2D eigenvalue weighted by Crippen LogP contribution is -2.63. The van der Waals surface area contributed by atoms with Gasteiger partial charge in [0, 0.05) is 12.6 Å². The third kappa shape index (κ3) is 2.55. The topological polar surface area (TPSA) is 52.6 Å². The Morgan fingerprint density at radius 2 is 2.00 bits per heavy atom. The number of carbonyl (C=O) groups excluding carboxylic acids is 1. The van der Waals surface area contributed by atoms with Crippen molar-refractivity contribution < 1.29 is 14.3 Å². The number of fused-ring (bicyclic) bond motifs is 1. The normalized spacial score (nSPS) is 38.6. The number of aliphatic hydroxyl groups is 1. The molecule has 5 aliphatic rings. The molecule has 0 saturated heterocycles. The van der Waals surface area contributed by atoms with Crippen LogP contribution in [0.25, 0.3) is 0 Å². The van der Waals surface area contributed by atoms with Gasteiger partial charge in [-0.3, -0.25) is 4.90 Å². The van der Waals surface area contributed by atoms with Gasteiger partial charge in [0.1, 0.15) is 5.82 Å². The molecular weight excluding hydrogens is 319 g/mol. The van der Waals surface area contributed by atoms with Crippen LogP contribution in [0.3, 0.4) is 0 Å². The predicted octanol–water partition coefficient (Wildman–Crippen LogP) is 3.23. The minimum Gasteiger partial charge on any atom is -0.390 e. The standard InChI is InChI=1S/C20H25FN2O2/c21-16-4-3-13-2-1-5-23(17(13)8-16)19(24)22-18-14-6-12-7-15(18)11-20(25,9-12)10-14/h3-4,8,12,14-15,18,25H,1-2,5-7,9-11H2,(H,22,24). The molecule has 4 bridgehead atoms. The highest BCUT2D eigenvalue weighted by Crippen LogP contribution is 2.55. The van der Waals surface area contributed by atoms with Gasteiger partial charge in [0.25, 0.3) is 0 Å². The van der Waals surface area contributed by atoms with E-state index in [0.29, 0.717) is 30.0 Å². The molecule has 1 aliphatic heterocycles. The fourth-order valence-electron chi connectivity index (χ4n) is 6.20. The SMILES string of the molecule is O=C(NC1C2CC3CC1CC(O)(C3)C2)N1CCCc2ccc(F)cc21. The first-order valence-electron chi connectivity index (χ1n) is 9.60. The van der Waals surface area contributed by atoms with Crippen LogP contribution in [0, 0.1) is 23.6 Å². The minimum absolute atomic E-state index is 0.101. The Kier molecular flexibility index (Phi) is 3.40. The molecule has 0 aromatic heterocycles. The summed E-state index contributed by atoms with van der Waals surface area (Å²) in [5.41, 5.74) is 1.27. The fraction of sp³-hybridized carbons (Fsp3) is 0.650. The zero-order valence-electron chi connectivity index (χ0n) is 14.4. The maximum atomic E-state index is 13.7. The average Bonchev–Trinajstić information content (AvgIpc) is 2.56. The molecule has 0 spiro atoms. The molecule has 1 aromatic carbocycles. The summed E-state index contributed by atoms with van der Waals surface area (Å²) in [5.74, 6) is 1.10. The highest BCUT2D eigenvalue weighted by molar-refractivity contribution is 5.93. The van der Waals surface area contributed by atoms with Gasteiger partial charge in [0.15, 0.2) is 0 Å². The maximum absolute atomic E-state index is 13.7. The van der Waals surface area contributed by atoms with E-state index >= 15 is 0 Å². The van der Waals surface area contributed by atoms with Gasteiger partial charge in [-0.15, -0.1) is 0 Å². The van der Waals surface area contributed by atoms with Crippen LogP contribution in [-0.4, -0.2) is 29.3 Å². The number of nitrogens with zero attached hydrogens (tertiary/aromatic N) is 1. The van der Waals surface area contributed by atoms with E-state index in [4.69, 9.17) is 0 Å². The fourth-order valence-corrected chi connectivity index (χ4v) is 6.20. The van der Waals surface area contributed by atoms with E-state index in [9.17, 15) is 14.3 Å². The van der Waals surface area contributed by atoms with Crippen molar-refractivity contribution in [1.82, 2.24) is 5.32 Å². The Morgan fingerprint density at radius 3 is 2.72 bits per heavy atom. The Morgan fingerprint density at radius 1 is 1.24 bits per heavy atom. The molecule has 2 N–H and O–H groups in total. The van der Waals surface area contributed by atoms with Crippen LogP contribution in [-0.2, 0) is 6.42 Å². The number of benzene rings is 1. The second-order valence-electron chi connectivity index (χ2n) is 8.70. The molecule has 0 radical (unpaired) electrons. The Balaban J connectivity index is 1.36. The highest BCUT2D eigenvalue weighted by atomic mass is 19.1. The number of hydrogen-bond acceptors (Lipinski definition) is 2. The summed E-state index contributed by atoms with van der Waals surface area (Å²) in [6.45, 7) is 0.636. The van der Waals surface area contributed by atoms with Crippen LogP contribution >= 0.6 is 0 Å². The molecule has 1 aromatic rings.